The van der Waals surface area contributed by atoms with E-state index < -0.39 is 6.09 Å². The zero-order valence-corrected chi connectivity index (χ0v) is 10.7. The van der Waals surface area contributed by atoms with Gasteiger partial charge in [-0.15, -0.1) is 6.42 Å². The van der Waals surface area contributed by atoms with Crippen LogP contribution < -0.4 is 5.73 Å². The molecule has 0 rings (SSSR count). The monoisotopic (exact) mass is 309 g/mol. The fourth-order valence-corrected chi connectivity index (χ4v) is 2.29. The predicted octanol–water partition coefficient (Wildman–Crippen LogP) is 2.32. The molecule has 1 amide bonds. The van der Waals surface area contributed by atoms with Crippen molar-refractivity contribution in [3.05, 3.63) is 0 Å². The lowest BCUT2D eigenvalue weighted by Gasteiger charge is -2.24. The number of hydrogen-bond donors (Lipinski definition) is 1. The number of amides is 1. The minimum absolute atomic E-state index is 0.0712. The van der Waals surface area contributed by atoms with Gasteiger partial charge in [-0.25, -0.2) is 4.79 Å². The van der Waals surface area contributed by atoms with Gasteiger partial charge in [0.2, 0.25) is 0 Å². The number of ether oxygens (including phenoxy) is 1. The van der Waals surface area contributed by atoms with Crippen molar-refractivity contribution >= 4 is 28.7 Å². The van der Waals surface area contributed by atoms with Crippen molar-refractivity contribution in [2.75, 3.05) is 0 Å². The van der Waals surface area contributed by atoms with Gasteiger partial charge in [-0.05, 0) is 13.3 Å². The maximum Gasteiger partial charge on any atom is 0.404 e. The van der Waals surface area contributed by atoms with E-state index in [0.717, 1.165) is 12.8 Å². The van der Waals surface area contributed by atoms with Crippen molar-refractivity contribution in [2.45, 2.75) is 36.7 Å². The minimum atomic E-state index is -0.737. The van der Waals surface area contributed by atoms with E-state index in [1.807, 2.05) is 6.92 Å². The standard InChI is InChI=1S/C10H16INO2/c1-4-6-8(9(11)5-2)7(3)14-10(12)13/h2,7-9H,4,6H2,1,3H3,(H2,12,13). The van der Waals surface area contributed by atoms with Crippen LogP contribution in [0.25, 0.3) is 0 Å². The quantitative estimate of drug-likeness (QED) is 0.481. The summed E-state index contributed by atoms with van der Waals surface area (Å²) in [6, 6.07) is 0. The Morgan fingerprint density at radius 3 is 2.64 bits per heavy atom. The summed E-state index contributed by atoms with van der Waals surface area (Å²) >= 11 is 2.18. The van der Waals surface area contributed by atoms with E-state index in [-0.39, 0.29) is 15.9 Å². The molecule has 2 N–H and O–H groups in total. The lowest BCUT2D eigenvalue weighted by Crippen LogP contribution is -2.31. The van der Waals surface area contributed by atoms with E-state index in [1.165, 1.54) is 0 Å². The third-order valence-corrected chi connectivity index (χ3v) is 3.35. The van der Waals surface area contributed by atoms with Crippen LogP contribution in [0.1, 0.15) is 26.7 Å². The highest BCUT2D eigenvalue weighted by Gasteiger charge is 2.25. The molecule has 3 atom stereocenters. The van der Waals surface area contributed by atoms with Crippen LogP contribution in [-0.4, -0.2) is 16.1 Å². The summed E-state index contributed by atoms with van der Waals surface area (Å²) in [5.74, 6) is 2.84. The van der Waals surface area contributed by atoms with Gasteiger partial charge < -0.3 is 10.5 Å². The summed E-state index contributed by atoms with van der Waals surface area (Å²) in [4.78, 5) is 10.6. The molecular formula is C10H16INO2. The van der Waals surface area contributed by atoms with Crippen molar-refractivity contribution < 1.29 is 9.53 Å². The highest BCUT2D eigenvalue weighted by atomic mass is 127. The number of primary amides is 1. The van der Waals surface area contributed by atoms with Gasteiger partial charge >= 0.3 is 6.09 Å². The third kappa shape index (κ3) is 4.70. The molecule has 0 heterocycles. The Bertz CT molecular complexity index is 225. The van der Waals surface area contributed by atoms with E-state index in [2.05, 4.69) is 35.4 Å². The van der Waals surface area contributed by atoms with Crippen LogP contribution in [0.4, 0.5) is 4.79 Å². The molecule has 4 heteroatoms. The summed E-state index contributed by atoms with van der Waals surface area (Å²) in [6.45, 7) is 3.90. The van der Waals surface area contributed by atoms with Crippen molar-refractivity contribution in [3.63, 3.8) is 0 Å². The molecule has 3 nitrogen and oxygen atoms in total. The SMILES string of the molecule is C#CC(I)C(CCC)C(C)OC(N)=O. The molecule has 0 aliphatic carbocycles. The number of carbonyl (C=O) groups excluding carboxylic acids is 1. The zero-order chi connectivity index (χ0) is 11.1. The van der Waals surface area contributed by atoms with Gasteiger partial charge in [0.05, 0.1) is 3.92 Å². The van der Waals surface area contributed by atoms with E-state index in [1.54, 1.807) is 0 Å². The van der Waals surface area contributed by atoms with Gasteiger partial charge in [0.25, 0.3) is 0 Å². The van der Waals surface area contributed by atoms with Gasteiger partial charge in [-0.1, -0.05) is 41.9 Å². The second kappa shape index (κ2) is 6.93. The average molecular weight is 309 g/mol. The van der Waals surface area contributed by atoms with Crippen molar-refractivity contribution in [1.29, 1.82) is 0 Å². The van der Waals surface area contributed by atoms with Crippen LogP contribution in [-0.2, 0) is 4.74 Å². The Labute approximate surface area is 98.9 Å². The minimum Gasteiger partial charge on any atom is -0.446 e. The summed E-state index contributed by atoms with van der Waals surface area (Å²) in [7, 11) is 0. The molecule has 14 heavy (non-hydrogen) atoms. The first kappa shape index (κ1) is 13.6. The van der Waals surface area contributed by atoms with Gasteiger partial charge in [-0.3, -0.25) is 0 Å². The Balaban J connectivity index is 4.33. The molecule has 80 valence electrons. The fourth-order valence-electron chi connectivity index (χ4n) is 1.35. The highest BCUT2D eigenvalue weighted by Crippen LogP contribution is 2.24. The van der Waals surface area contributed by atoms with Crippen LogP contribution in [0.3, 0.4) is 0 Å². The number of carbonyl (C=O) groups is 1. The summed E-state index contributed by atoms with van der Waals surface area (Å²) in [6.07, 6.45) is 6.34. The van der Waals surface area contributed by atoms with Gasteiger partial charge in [0.1, 0.15) is 6.10 Å². The molecule has 0 radical (unpaired) electrons. The molecule has 0 aliphatic heterocycles. The van der Waals surface area contributed by atoms with E-state index in [9.17, 15) is 4.79 Å². The van der Waals surface area contributed by atoms with E-state index in [4.69, 9.17) is 16.9 Å². The van der Waals surface area contributed by atoms with Crippen molar-refractivity contribution in [3.8, 4) is 12.3 Å². The molecule has 0 saturated heterocycles. The normalized spacial score (nSPS) is 16.4. The second-order valence-electron chi connectivity index (χ2n) is 3.16. The topological polar surface area (TPSA) is 52.3 Å². The summed E-state index contributed by atoms with van der Waals surface area (Å²) < 4.78 is 5.00. The first-order chi connectivity index (χ1) is 6.52. The van der Waals surface area contributed by atoms with Gasteiger partial charge in [0.15, 0.2) is 0 Å². The van der Waals surface area contributed by atoms with E-state index >= 15 is 0 Å². The lowest BCUT2D eigenvalue weighted by molar-refractivity contribution is 0.0806. The van der Waals surface area contributed by atoms with Crippen LogP contribution in [0.15, 0.2) is 0 Å². The Morgan fingerprint density at radius 1 is 1.71 bits per heavy atom. The molecule has 0 aliphatic rings. The molecule has 0 aromatic heterocycles. The predicted molar refractivity (Wildman–Crippen MR) is 65.2 cm³/mol. The largest absolute Gasteiger partial charge is 0.446 e. The first-order valence-corrected chi connectivity index (χ1v) is 5.83. The van der Waals surface area contributed by atoms with Crippen molar-refractivity contribution in [1.82, 2.24) is 0 Å². The molecule has 0 spiro atoms. The van der Waals surface area contributed by atoms with Crippen LogP contribution in [0.2, 0.25) is 0 Å². The molecule has 0 aromatic rings. The maximum atomic E-state index is 10.6. The summed E-state index contributed by atoms with van der Waals surface area (Å²) in [5.41, 5.74) is 4.95. The Kier molecular flexibility index (Phi) is 6.71. The van der Waals surface area contributed by atoms with Gasteiger partial charge in [-0.2, -0.15) is 0 Å². The van der Waals surface area contributed by atoms with Crippen molar-refractivity contribution in [2.24, 2.45) is 11.7 Å². The highest BCUT2D eigenvalue weighted by molar-refractivity contribution is 14.1. The second-order valence-corrected chi connectivity index (χ2v) is 4.50. The smallest absolute Gasteiger partial charge is 0.404 e. The number of terminal acetylenes is 1. The Morgan fingerprint density at radius 2 is 2.29 bits per heavy atom. The molecule has 0 fully saturated rings. The number of halogens is 1. The summed E-state index contributed by atoms with van der Waals surface area (Å²) in [5, 5.41) is 0. The third-order valence-electron chi connectivity index (χ3n) is 2.06. The van der Waals surface area contributed by atoms with Crippen LogP contribution >= 0.6 is 22.6 Å². The fraction of sp³-hybridized carbons (Fsp3) is 0.700. The number of nitrogens with two attached hydrogens (primary N) is 1. The average Bonchev–Trinajstić information content (AvgIpc) is 2.11. The lowest BCUT2D eigenvalue weighted by atomic mass is 9.95. The molecule has 0 saturated carbocycles. The van der Waals surface area contributed by atoms with Crippen LogP contribution in [0.5, 0.6) is 0 Å². The first-order valence-electron chi connectivity index (χ1n) is 4.59. The molecule has 0 bridgehead atoms. The molecule has 0 aromatic carbocycles. The maximum absolute atomic E-state index is 10.6. The van der Waals surface area contributed by atoms with Gasteiger partial charge in [0, 0.05) is 5.92 Å². The molecular weight excluding hydrogens is 293 g/mol. The Hall–Kier alpha value is -0.440. The molecule has 3 unspecified atom stereocenters. The number of alkyl halides is 1. The van der Waals surface area contributed by atoms with Crippen LogP contribution in [0, 0.1) is 18.3 Å². The number of hydrogen-bond acceptors (Lipinski definition) is 2. The van der Waals surface area contributed by atoms with E-state index in [0.29, 0.717) is 0 Å². The zero-order valence-electron chi connectivity index (χ0n) is 8.50. The number of rotatable bonds is 5.